The lowest BCUT2D eigenvalue weighted by Crippen LogP contribution is -2.39. The first kappa shape index (κ1) is 24.9. The zero-order chi connectivity index (χ0) is 26.0. The number of hydrogen-bond acceptors (Lipinski definition) is 10. The summed E-state index contributed by atoms with van der Waals surface area (Å²) in [7, 11) is 1.26. The molecule has 0 saturated heterocycles. The van der Waals surface area contributed by atoms with Crippen LogP contribution in [0.25, 0.3) is 6.08 Å². The Morgan fingerprint density at radius 3 is 2.58 bits per heavy atom. The van der Waals surface area contributed by atoms with Crippen molar-refractivity contribution in [3.05, 3.63) is 82.7 Å². The summed E-state index contributed by atoms with van der Waals surface area (Å²) in [6.45, 7) is 6.20. The van der Waals surface area contributed by atoms with E-state index in [1.54, 1.807) is 25.1 Å². The third kappa shape index (κ3) is 4.54. The topological polar surface area (TPSA) is 135 Å². The van der Waals surface area contributed by atoms with Gasteiger partial charge in [0.1, 0.15) is 10.7 Å². The number of carbonyl (C=O) groups excluding carboxylic acids is 1. The molecule has 0 spiro atoms. The summed E-state index contributed by atoms with van der Waals surface area (Å²) in [6.07, 6.45) is 1.41. The predicted molar refractivity (Wildman–Crippen MR) is 130 cm³/mol. The number of aromatic nitrogens is 1. The lowest BCUT2D eigenvalue weighted by Gasteiger charge is -2.25. The Morgan fingerprint density at radius 2 is 1.94 bits per heavy atom. The average Bonchev–Trinajstić information content (AvgIpc) is 3.44. The number of rotatable bonds is 8. The number of esters is 1. The van der Waals surface area contributed by atoms with Crippen LogP contribution in [0.1, 0.15) is 38.1 Å². The molecule has 1 aliphatic heterocycles. The van der Waals surface area contributed by atoms with E-state index < -0.39 is 28.4 Å². The number of carbonyl (C=O) groups is 1. The number of fused-ring (bicyclic) bond motifs is 1. The maximum Gasteiger partial charge on any atom is 0.433 e. The Labute approximate surface area is 208 Å². The molecule has 3 aromatic rings. The van der Waals surface area contributed by atoms with Crippen molar-refractivity contribution in [2.45, 2.75) is 26.8 Å². The monoisotopic (exact) mass is 513 g/mol. The standard InChI is InChI=1S/C24H23N3O8S/c1-5-33-16-9-7-14(11-17(16)34-6-2)21-20(23(29)32-4)13(3)25-24-26(21)22(28)18(36-24)12-15-8-10-19(35-15)27(30)31/h7-12,21H,5-6H2,1-4H3/b18-12-. The van der Waals surface area contributed by atoms with Gasteiger partial charge in [-0.2, -0.15) is 0 Å². The molecule has 2 aromatic heterocycles. The minimum absolute atomic E-state index is 0.145. The van der Waals surface area contributed by atoms with Gasteiger partial charge in [0.25, 0.3) is 5.56 Å². The van der Waals surface area contributed by atoms with Gasteiger partial charge in [-0.1, -0.05) is 17.4 Å². The smallest absolute Gasteiger partial charge is 0.433 e. The second-order valence-electron chi connectivity index (χ2n) is 7.58. The highest BCUT2D eigenvalue weighted by molar-refractivity contribution is 7.07. The molecule has 1 unspecified atom stereocenters. The third-order valence-electron chi connectivity index (χ3n) is 5.38. The summed E-state index contributed by atoms with van der Waals surface area (Å²) in [5, 5.41) is 10.9. The minimum atomic E-state index is -0.850. The van der Waals surface area contributed by atoms with Crippen molar-refractivity contribution in [1.82, 2.24) is 4.57 Å². The van der Waals surface area contributed by atoms with E-state index in [9.17, 15) is 19.7 Å². The summed E-state index contributed by atoms with van der Waals surface area (Å²) >= 11 is 1.08. The van der Waals surface area contributed by atoms with E-state index in [2.05, 4.69) is 4.99 Å². The van der Waals surface area contributed by atoms with E-state index in [1.165, 1.54) is 29.9 Å². The van der Waals surface area contributed by atoms with Gasteiger partial charge in [0.15, 0.2) is 16.3 Å². The summed E-state index contributed by atoms with van der Waals surface area (Å²) in [5.41, 5.74) is 0.762. The Kier molecular flexibility index (Phi) is 7.06. The summed E-state index contributed by atoms with van der Waals surface area (Å²) in [4.78, 5) is 41.5. The van der Waals surface area contributed by atoms with E-state index in [0.717, 1.165) is 11.3 Å². The number of thiazole rings is 1. The molecule has 12 heteroatoms. The first-order valence-electron chi connectivity index (χ1n) is 11.0. The Bertz CT molecular complexity index is 1550. The highest BCUT2D eigenvalue weighted by atomic mass is 32.1. The quantitative estimate of drug-likeness (QED) is 0.255. The first-order valence-corrected chi connectivity index (χ1v) is 11.8. The van der Waals surface area contributed by atoms with Gasteiger partial charge in [-0.25, -0.2) is 9.79 Å². The fourth-order valence-electron chi connectivity index (χ4n) is 3.89. The van der Waals surface area contributed by atoms with Crippen LogP contribution < -0.4 is 24.4 Å². The largest absolute Gasteiger partial charge is 0.490 e. The molecule has 1 atom stereocenters. The van der Waals surface area contributed by atoms with Crippen LogP contribution in [-0.4, -0.2) is 35.8 Å². The zero-order valence-corrected chi connectivity index (χ0v) is 20.8. The van der Waals surface area contributed by atoms with Crippen molar-refractivity contribution in [2.24, 2.45) is 4.99 Å². The summed E-state index contributed by atoms with van der Waals surface area (Å²) < 4.78 is 23.2. The molecule has 0 N–H and O–H groups in total. The number of hydrogen-bond donors (Lipinski definition) is 0. The Hall–Kier alpha value is -4.19. The van der Waals surface area contributed by atoms with Gasteiger partial charge in [0, 0.05) is 6.08 Å². The van der Waals surface area contributed by atoms with Gasteiger partial charge >= 0.3 is 11.9 Å². The average molecular weight is 514 g/mol. The van der Waals surface area contributed by atoms with Crippen LogP contribution in [0, 0.1) is 10.1 Å². The van der Waals surface area contributed by atoms with Crippen molar-refractivity contribution < 1.29 is 28.3 Å². The summed E-state index contributed by atoms with van der Waals surface area (Å²) in [6, 6.07) is 6.98. The molecule has 4 rings (SSSR count). The molecular formula is C24H23N3O8S. The van der Waals surface area contributed by atoms with Crippen LogP contribution in [0.2, 0.25) is 0 Å². The number of benzene rings is 1. The number of ether oxygens (including phenoxy) is 3. The number of methoxy groups -OCH3 is 1. The first-order chi connectivity index (χ1) is 17.3. The van der Waals surface area contributed by atoms with E-state index in [-0.39, 0.29) is 15.9 Å². The van der Waals surface area contributed by atoms with Crippen molar-refractivity contribution >= 4 is 29.3 Å². The number of furan rings is 1. The second kappa shape index (κ2) is 10.2. The van der Waals surface area contributed by atoms with Gasteiger partial charge in [0.2, 0.25) is 0 Å². The van der Waals surface area contributed by atoms with Gasteiger partial charge in [-0.3, -0.25) is 19.5 Å². The molecule has 0 aliphatic carbocycles. The van der Waals surface area contributed by atoms with Crippen LogP contribution in [-0.2, 0) is 9.53 Å². The van der Waals surface area contributed by atoms with Crippen LogP contribution >= 0.6 is 11.3 Å². The Morgan fingerprint density at radius 1 is 1.22 bits per heavy atom. The highest BCUT2D eigenvalue weighted by Crippen LogP contribution is 2.36. The van der Waals surface area contributed by atoms with Gasteiger partial charge in [-0.05, 0) is 44.5 Å². The van der Waals surface area contributed by atoms with E-state index >= 15 is 0 Å². The lowest BCUT2D eigenvalue weighted by molar-refractivity contribution is -0.402. The van der Waals surface area contributed by atoms with Crippen LogP contribution in [0.4, 0.5) is 5.88 Å². The lowest BCUT2D eigenvalue weighted by atomic mass is 9.95. The molecule has 0 saturated carbocycles. The fraction of sp³-hybridized carbons (Fsp3) is 0.292. The second-order valence-corrected chi connectivity index (χ2v) is 8.59. The summed E-state index contributed by atoms with van der Waals surface area (Å²) in [5.74, 6) is 0.0979. The van der Waals surface area contributed by atoms with Crippen molar-refractivity contribution in [3.63, 3.8) is 0 Å². The van der Waals surface area contributed by atoms with Crippen LogP contribution in [0.5, 0.6) is 11.5 Å². The predicted octanol–water partition coefficient (Wildman–Crippen LogP) is 2.71. The van der Waals surface area contributed by atoms with Gasteiger partial charge < -0.3 is 18.6 Å². The number of nitrogens with zero attached hydrogens (tertiary/aromatic N) is 3. The van der Waals surface area contributed by atoms with Crippen LogP contribution in [0.3, 0.4) is 0 Å². The fourth-order valence-corrected chi connectivity index (χ4v) is 4.92. The van der Waals surface area contributed by atoms with Gasteiger partial charge in [-0.15, -0.1) is 0 Å². The van der Waals surface area contributed by atoms with E-state index in [0.29, 0.717) is 40.8 Å². The molecule has 0 radical (unpaired) electrons. The molecular weight excluding hydrogens is 490 g/mol. The molecule has 0 bridgehead atoms. The minimum Gasteiger partial charge on any atom is -0.490 e. The normalized spacial score (nSPS) is 15.3. The SMILES string of the molecule is CCOc1ccc(C2C(C(=O)OC)=C(C)N=c3s/c(=C\c4ccc([N+](=O)[O-])o4)c(=O)n32)cc1OCC. The molecule has 3 heterocycles. The molecule has 11 nitrogen and oxygen atoms in total. The van der Waals surface area contributed by atoms with E-state index in [4.69, 9.17) is 18.6 Å². The van der Waals surface area contributed by atoms with Gasteiger partial charge in [0.05, 0.1) is 48.2 Å². The van der Waals surface area contributed by atoms with E-state index in [1.807, 2.05) is 13.8 Å². The zero-order valence-electron chi connectivity index (χ0n) is 20.0. The Balaban J connectivity index is 1.93. The molecule has 0 amide bonds. The number of nitro groups is 1. The van der Waals surface area contributed by atoms with Crippen LogP contribution in [0.15, 0.2) is 55.8 Å². The van der Waals surface area contributed by atoms with Crippen molar-refractivity contribution in [2.75, 3.05) is 20.3 Å². The number of allylic oxidation sites excluding steroid dienone is 1. The maximum atomic E-state index is 13.6. The maximum absolute atomic E-state index is 13.6. The third-order valence-corrected chi connectivity index (χ3v) is 6.36. The molecule has 36 heavy (non-hydrogen) atoms. The van der Waals surface area contributed by atoms with Crippen molar-refractivity contribution in [3.8, 4) is 11.5 Å². The molecule has 1 aromatic carbocycles. The molecule has 1 aliphatic rings. The van der Waals surface area contributed by atoms with Crippen molar-refractivity contribution in [1.29, 1.82) is 0 Å². The molecule has 188 valence electrons. The molecule has 0 fully saturated rings. The highest BCUT2D eigenvalue weighted by Gasteiger charge is 2.33.